The van der Waals surface area contributed by atoms with Crippen LogP contribution in [0.25, 0.3) is 27.6 Å². The topological polar surface area (TPSA) is 33.5 Å². The van der Waals surface area contributed by atoms with Gasteiger partial charge in [-0.2, -0.15) is 6.07 Å². The van der Waals surface area contributed by atoms with Crippen molar-refractivity contribution in [2.75, 3.05) is 9.80 Å². The maximum Gasteiger partial charge on any atom is 0.135 e. The number of rotatable bonds is 7. The van der Waals surface area contributed by atoms with Crippen molar-refractivity contribution in [1.29, 1.82) is 0 Å². The molecule has 0 amide bonds. The van der Waals surface area contributed by atoms with E-state index < -0.39 is 0 Å². The summed E-state index contributed by atoms with van der Waals surface area (Å²) in [5.74, 6) is 2.09. The van der Waals surface area contributed by atoms with Gasteiger partial charge >= 0.3 is 0 Å². The van der Waals surface area contributed by atoms with Crippen molar-refractivity contribution >= 4 is 44.6 Å². The van der Waals surface area contributed by atoms with Crippen LogP contribution in [-0.4, -0.2) is 9.55 Å². The molecule has 372 valence electrons. The largest absolute Gasteiger partial charge is 0.509 e. The molecule has 8 aromatic rings. The Morgan fingerprint density at radius 3 is 1.66 bits per heavy atom. The maximum absolute atomic E-state index is 7.01. The van der Waals surface area contributed by atoms with E-state index in [-0.39, 0.29) is 53.6 Å². The predicted molar refractivity (Wildman–Crippen MR) is 296 cm³/mol. The van der Waals surface area contributed by atoms with Crippen LogP contribution in [0.5, 0.6) is 11.5 Å². The summed E-state index contributed by atoms with van der Waals surface area (Å²) < 4.78 is 9.26. The molecule has 0 aliphatic carbocycles. The van der Waals surface area contributed by atoms with E-state index in [1.54, 1.807) is 0 Å². The molecule has 0 N–H and O–H groups in total. The first-order chi connectivity index (χ1) is 32.6. The van der Waals surface area contributed by atoms with Gasteiger partial charge in [0.25, 0.3) is 0 Å². The van der Waals surface area contributed by atoms with Crippen LogP contribution in [-0.2, 0) is 53.6 Å². The van der Waals surface area contributed by atoms with Crippen molar-refractivity contribution in [3.05, 3.63) is 185 Å². The summed E-state index contributed by atoms with van der Waals surface area (Å²) in [6.45, 7) is 41.0. The van der Waals surface area contributed by atoms with E-state index in [9.17, 15) is 0 Å². The van der Waals surface area contributed by atoms with E-state index in [0.717, 1.165) is 55.9 Å². The fourth-order valence-corrected chi connectivity index (χ4v) is 9.54. The smallest absolute Gasteiger partial charge is 0.135 e. The van der Waals surface area contributed by atoms with Crippen LogP contribution in [0.1, 0.15) is 157 Å². The molecule has 1 aliphatic rings. The summed E-state index contributed by atoms with van der Waals surface area (Å²) >= 11 is 0. The van der Waals surface area contributed by atoms with Gasteiger partial charge in [0, 0.05) is 66.8 Å². The van der Waals surface area contributed by atoms with Gasteiger partial charge in [-0.25, -0.2) is 4.98 Å². The van der Waals surface area contributed by atoms with Gasteiger partial charge in [-0.05, 0) is 108 Å². The Kier molecular flexibility index (Phi) is 13.2. The molecule has 2 aromatic heterocycles. The van der Waals surface area contributed by atoms with Crippen LogP contribution >= 0.6 is 0 Å². The van der Waals surface area contributed by atoms with Crippen molar-refractivity contribution in [3.63, 3.8) is 0 Å². The van der Waals surface area contributed by atoms with Crippen LogP contribution in [0.2, 0.25) is 0 Å². The molecule has 71 heavy (non-hydrogen) atoms. The van der Waals surface area contributed by atoms with E-state index in [1.165, 1.54) is 33.4 Å². The fourth-order valence-electron chi connectivity index (χ4n) is 9.54. The Bertz CT molecular complexity index is 3240. The van der Waals surface area contributed by atoms with Crippen molar-refractivity contribution < 1.29 is 25.8 Å². The molecular weight excluding hydrogens is 1050 g/mol. The summed E-state index contributed by atoms with van der Waals surface area (Å²) in [5.41, 5.74) is 14.5. The van der Waals surface area contributed by atoms with Gasteiger partial charge in [-0.1, -0.05) is 178 Å². The first-order valence-corrected chi connectivity index (χ1v) is 25.1. The number of nitrogens with zero attached hydrogens (tertiary/aromatic N) is 4. The van der Waals surface area contributed by atoms with Gasteiger partial charge in [-0.3, -0.25) is 0 Å². The standard InChI is InChI=1S/C65H73N4O.Pt/c1-60(2,3)43-23-28-56-58(37-43)68(41-67(56)49-32-46(62(7,8)9)31-47(33-49)63(10,11)12)50-34-48(64(13,14)15)35-52(39-50)70-51-25-26-53-54-36-45(65(16,17)42-21-19-18-20-22-42)24-27-55(54)69(57(53)40-51)59-38-44(29-30-66-59)61(4,5)6;/h18-38,41H,1-17H3;/q-3;. The molecule has 6 heteroatoms. The Hall–Kier alpha value is -5.64. The Morgan fingerprint density at radius 1 is 0.451 bits per heavy atom. The molecule has 9 rings (SSSR count). The number of anilines is 4. The number of benzene rings is 6. The zero-order chi connectivity index (χ0) is 50.5. The predicted octanol–water partition coefficient (Wildman–Crippen LogP) is 17.8. The molecule has 0 saturated carbocycles. The quantitative estimate of drug-likeness (QED) is 0.149. The third kappa shape index (κ3) is 10.1. The number of aromatic nitrogens is 2. The molecule has 1 aliphatic heterocycles. The number of ether oxygens (including phenoxy) is 1. The van der Waals surface area contributed by atoms with Gasteiger partial charge in [-0.15, -0.1) is 53.6 Å². The van der Waals surface area contributed by atoms with Crippen molar-refractivity contribution in [1.82, 2.24) is 9.55 Å². The second kappa shape index (κ2) is 18.1. The second-order valence-corrected chi connectivity index (χ2v) is 25.3. The number of hydrogen-bond acceptors (Lipinski definition) is 4. The SMILES string of the molecule is CC(C)(C)c1cc(Oc2[c-]c3c(cc2)c2cc(C(C)(C)c4ccccc4)ccc2n3-c2cc(C(C)(C)C)ccn2)[c-]c(N2[CH-]N(c3cc(C(C)(C)C)cc(C(C)(C)C)c3)c3ccc(C(C)(C)C)cc32)c1.[Pt]. The van der Waals surface area contributed by atoms with Crippen molar-refractivity contribution in [2.24, 2.45) is 0 Å². The number of fused-ring (bicyclic) bond motifs is 4. The molecule has 6 aromatic carbocycles. The van der Waals surface area contributed by atoms with E-state index in [4.69, 9.17) is 9.72 Å². The Morgan fingerprint density at radius 2 is 1.04 bits per heavy atom. The molecule has 5 nitrogen and oxygen atoms in total. The molecule has 0 spiro atoms. The van der Waals surface area contributed by atoms with E-state index in [0.29, 0.717) is 11.5 Å². The van der Waals surface area contributed by atoms with E-state index in [1.807, 2.05) is 6.20 Å². The normalized spacial score (nSPS) is 13.8. The monoisotopic (exact) mass is 1120 g/mol. The van der Waals surface area contributed by atoms with E-state index >= 15 is 0 Å². The Balaban J connectivity index is 0.00000676. The average Bonchev–Trinajstić information content (AvgIpc) is 3.83. The molecular formula is C65H73N4OPt-3. The molecule has 0 saturated heterocycles. The third-order valence-corrected chi connectivity index (χ3v) is 14.4. The van der Waals surface area contributed by atoms with Crippen LogP contribution in [0, 0.1) is 18.8 Å². The van der Waals surface area contributed by atoms with Crippen LogP contribution < -0.4 is 14.5 Å². The van der Waals surface area contributed by atoms with Gasteiger partial charge < -0.3 is 19.1 Å². The molecule has 0 fully saturated rings. The molecule has 0 unspecified atom stereocenters. The summed E-state index contributed by atoms with van der Waals surface area (Å²) in [5, 5.41) is 2.24. The first-order valence-electron chi connectivity index (χ1n) is 25.1. The fraction of sp³-hybridized carbons (Fsp3) is 0.354. The zero-order valence-electron chi connectivity index (χ0n) is 45.2. The van der Waals surface area contributed by atoms with Crippen molar-refractivity contribution in [2.45, 2.75) is 150 Å². The van der Waals surface area contributed by atoms with Crippen molar-refractivity contribution in [3.8, 4) is 17.3 Å². The molecule has 3 heterocycles. The van der Waals surface area contributed by atoms with Crippen LogP contribution in [0.15, 0.2) is 128 Å². The Labute approximate surface area is 439 Å². The second-order valence-electron chi connectivity index (χ2n) is 25.3. The number of pyridine rings is 1. The minimum absolute atomic E-state index is 0. The number of hydrogen-bond donors (Lipinski definition) is 0. The summed E-state index contributed by atoms with van der Waals surface area (Å²) in [6.07, 6.45) is 1.93. The minimum atomic E-state index is -0.211. The van der Waals surface area contributed by atoms with E-state index in [2.05, 4.69) is 272 Å². The molecule has 0 bridgehead atoms. The summed E-state index contributed by atoms with van der Waals surface area (Å²) in [6, 6.07) is 52.3. The van der Waals surface area contributed by atoms with Crippen LogP contribution in [0.4, 0.5) is 22.7 Å². The zero-order valence-corrected chi connectivity index (χ0v) is 47.5. The summed E-state index contributed by atoms with van der Waals surface area (Å²) in [4.78, 5) is 9.67. The van der Waals surface area contributed by atoms with Gasteiger partial charge in [0.2, 0.25) is 0 Å². The third-order valence-electron chi connectivity index (χ3n) is 14.4. The molecule has 0 radical (unpaired) electrons. The maximum atomic E-state index is 7.01. The average molecular weight is 1120 g/mol. The van der Waals surface area contributed by atoms with Gasteiger partial charge in [0.05, 0.1) is 0 Å². The minimum Gasteiger partial charge on any atom is -0.509 e. The van der Waals surface area contributed by atoms with Gasteiger partial charge in [0.15, 0.2) is 0 Å². The summed E-state index contributed by atoms with van der Waals surface area (Å²) in [7, 11) is 0. The van der Waals surface area contributed by atoms with Crippen LogP contribution in [0.3, 0.4) is 0 Å². The molecule has 0 atom stereocenters. The first kappa shape index (κ1) is 51.7. The van der Waals surface area contributed by atoms with Gasteiger partial charge in [0.1, 0.15) is 5.82 Å².